The van der Waals surface area contributed by atoms with Gasteiger partial charge in [0, 0.05) is 13.0 Å². The van der Waals surface area contributed by atoms with Gasteiger partial charge in [0.2, 0.25) is 0 Å². The first-order chi connectivity index (χ1) is 12.9. The van der Waals surface area contributed by atoms with Crippen LogP contribution in [0.4, 0.5) is 26.3 Å². The van der Waals surface area contributed by atoms with Gasteiger partial charge in [-0.25, -0.2) is 4.79 Å². The van der Waals surface area contributed by atoms with Crippen LogP contribution in [0.25, 0.3) is 0 Å². The van der Waals surface area contributed by atoms with E-state index < -0.39 is 67.6 Å². The molecule has 2 fully saturated rings. The second-order valence-corrected chi connectivity index (χ2v) is 7.47. The van der Waals surface area contributed by atoms with Crippen molar-refractivity contribution in [3.8, 4) is 0 Å². The van der Waals surface area contributed by atoms with E-state index >= 15 is 0 Å². The Morgan fingerprint density at radius 1 is 1.07 bits per heavy atom. The zero-order valence-electron chi connectivity index (χ0n) is 14.8. The summed E-state index contributed by atoms with van der Waals surface area (Å²) in [6.45, 7) is -2.22. The van der Waals surface area contributed by atoms with Crippen LogP contribution in [-0.2, 0) is 19.0 Å². The molecule has 6 atom stereocenters. The van der Waals surface area contributed by atoms with E-state index in [2.05, 4.69) is 14.2 Å². The highest BCUT2D eigenvalue weighted by atomic mass is 19.4. The summed E-state index contributed by atoms with van der Waals surface area (Å²) in [6, 6.07) is 0. The number of halogens is 6. The van der Waals surface area contributed by atoms with Gasteiger partial charge in [0.25, 0.3) is 5.60 Å². The molecular weight excluding hydrogens is 398 g/mol. The Kier molecular flexibility index (Phi) is 5.48. The number of methoxy groups -OCH3 is 1. The molecule has 0 amide bonds. The van der Waals surface area contributed by atoms with Gasteiger partial charge < -0.3 is 19.3 Å². The highest BCUT2D eigenvalue weighted by Crippen LogP contribution is 2.63. The lowest BCUT2D eigenvalue weighted by Gasteiger charge is -2.42. The van der Waals surface area contributed by atoms with Crippen molar-refractivity contribution in [3.63, 3.8) is 0 Å². The molecule has 0 radical (unpaired) electrons. The van der Waals surface area contributed by atoms with Gasteiger partial charge in [0.05, 0.1) is 6.10 Å². The molecule has 11 heteroatoms. The Balaban J connectivity index is 1.91. The molecular formula is C17H20F6O5. The minimum absolute atomic E-state index is 0.152. The number of alkyl halides is 6. The van der Waals surface area contributed by atoms with Crippen molar-refractivity contribution < 1.29 is 50.5 Å². The Morgan fingerprint density at radius 2 is 1.68 bits per heavy atom. The number of hydrogen-bond donors (Lipinski definition) is 1. The van der Waals surface area contributed by atoms with Crippen molar-refractivity contribution in [3.05, 3.63) is 12.2 Å². The number of rotatable bonds is 6. The number of ether oxygens (including phenoxy) is 3. The minimum Gasteiger partial charge on any atom is -0.437 e. The first kappa shape index (κ1) is 21.4. The second kappa shape index (κ2) is 7.17. The summed E-state index contributed by atoms with van der Waals surface area (Å²) in [7, 11) is 1.12. The Bertz CT molecular complexity index is 617. The number of aliphatic hydroxyl groups excluding tert-OH is 1. The van der Waals surface area contributed by atoms with E-state index in [1.165, 1.54) is 0 Å². The van der Waals surface area contributed by atoms with E-state index in [0.717, 1.165) is 7.11 Å². The first-order valence-corrected chi connectivity index (χ1v) is 8.72. The third-order valence-corrected chi connectivity index (χ3v) is 6.14. The predicted octanol–water partition coefficient (Wildman–Crippen LogP) is 2.83. The summed E-state index contributed by atoms with van der Waals surface area (Å²) in [6.07, 6.45) is -10.0. The summed E-state index contributed by atoms with van der Waals surface area (Å²) in [4.78, 5) is 11.5. The van der Waals surface area contributed by atoms with Gasteiger partial charge in [-0.05, 0) is 36.5 Å². The standard InChI is InChI=1S/C17H20F6O5/c1-26-7-27-12(24)6-28-15(16(18,19)20,17(21,22)23)11-5-10-8-2-3-9(4-8)13(10)14(11)25/h2-3,8-11,13-14,25H,4-7H2,1H3. The van der Waals surface area contributed by atoms with E-state index in [-0.39, 0.29) is 11.8 Å². The highest BCUT2D eigenvalue weighted by molar-refractivity contribution is 5.70. The molecule has 2 saturated carbocycles. The lowest BCUT2D eigenvalue weighted by Crippen LogP contribution is -2.65. The van der Waals surface area contributed by atoms with E-state index in [0.29, 0.717) is 6.42 Å². The van der Waals surface area contributed by atoms with Crippen LogP contribution in [0.1, 0.15) is 12.8 Å². The molecule has 0 aromatic heterocycles. The fourth-order valence-electron chi connectivity index (χ4n) is 5.10. The monoisotopic (exact) mass is 418 g/mol. The number of aliphatic hydroxyl groups is 1. The van der Waals surface area contributed by atoms with Crippen LogP contribution in [0.2, 0.25) is 0 Å². The average molecular weight is 418 g/mol. The Hall–Kier alpha value is -1.33. The molecule has 0 saturated heterocycles. The van der Waals surface area contributed by atoms with Crippen LogP contribution in [0, 0.1) is 29.6 Å². The molecule has 3 aliphatic carbocycles. The zero-order chi connectivity index (χ0) is 20.9. The van der Waals surface area contributed by atoms with E-state index in [4.69, 9.17) is 0 Å². The van der Waals surface area contributed by atoms with Crippen molar-refractivity contribution in [1.29, 1.82) is 0 Å². The number of hydrogen-bond acceptors (Lipinski definition) is 5. The van der Waals surface area contributed by atoms with Crippen LogP contribution >= 0.6 is 0 Å². The van der Waals surface area contributed by atoms with Crippen LogP contribution in [0.5, 0.6) is 0 Å². The molecule has 0 aromatic carbocycles. The summed E-state index contributed by atoms with van der Waals surface area (Å²) in [5.74, 6) is -5.28. The van der Waals surface area contributed by atoms with Crippen molar-refractivity contribution in [2.45, 2.75) is 36.9 Å². The number of fused-ring (bicyclic) bond motifs is 5. The molecule has 5 nitrogen and oxygen atoms in total. The van der Waals surface area contributed by atoms with Crippen LogP contribution in [-0.4, -0.2) is 55.6 Å². The van der Waals surface area contributed by atoms with Crippen LogP contribution in [0.15, 0.2) is 12.2 Å². The van der Waals surface area contributed by atoms with Gasteiger partial charge in [-0.2, -0.15) is 26.3 Å². The maximum Gasteiger partial charge on any atom is 0.426 e. The number of allylic oxidation sites excluding steroid dienone is 2. The number of carbonyl (C=O) groups is 1. The largest absolute Gasteiger partial charge is 0.437 e. The van der Waals surface area contributed by atoms with Gasteiger partial charge >= 0.3 is 18.3 Å². The summed E-state index contributed by atoms with van der Waals surface area (Å²) in [5, 5.41) is 10.5. The number of esters is 1. The van der Waals surface area contributed by atoms with Crippen LogP contribution < -0.4 is 0 Å². The molecule has 0 heterocycles. The molecule has 3 rings (SSSR count). The molecule has 1 N–H and O–H groups in total. The molecule has 0 aliphatic heterocycles. The topological polar surface area (TPSA) is 65.0 Å². The Morgan fingerprint density at radius 3 is 2.21 bits per heavy atom. The van der Waals surface area contributed by atoms with Crippen molar-refractivity contribution in [2.24, 2.45) is 29.6 Å². The average Bonchev–Trinajstić information content (AvgIpc) is 3.25. The fraction of sp³-hybridized carbons (Fsp3) is 0.824. The van der Waals surface area contributed by atoms with Crippen LogP contribution in [0.3, 0.4) is 0 Å². The van der Waals surface area contributed by atoms with Gasteiger partial charge in [-0.15, -0.1) is 0 Å². The predicted molar refractivity (Wildman–Crippen MR) is 80.6 cm³/mol. The van der Waals surface area contributed by atoms with Gasteiger partial charge in [0.15, 0.2) is 6.79 Å². The maximum absolute atomic E-state index is 13.8. The lowest BCUT2D eigenvalue weighted by atomic mass is 9.79. The SMILES string of the molecule is COCOC(=O)COC(C1CC2C3C=CC(C3)C2C1O)(C(F)(F)F)C(F)(F)F. The van der Waals surface area contributed by atoms with E-state index in [1.54, 1.807) is 12.2 Å². The summed E-state index contributed by atoms with van der Waals surface area (Å²) >= 11 is 0. The molecule has 2 bridgehead atoms. The molecule has 0 spiro atoms. The summed E-state index contributed by atoms with van der Waals surface area (Å²) in [5.41, 5.74) is -4.67. The molecule has 28 heavy (non-hydrogen) atoms. The molecule has 6 unspecified atom stereocenters. The molecule has 0 aromatic rings. The fourth-order valence-corrected chi connectivity index (χ4v) is 5.10. The minimum atomic E-state index is -5.90. The second-order valence-electron chi connectivity index (χ2n) is 7.47. The molecule has 160 valence electrons. The third-order valence-electron chi connectivity index (χ3n) is 6.14. The normalized spacial score (nSPS) is 34.7. The quantitative estimate of drug-likeness (QED) is 0.311. The van der Waals surface area contributed by atoms with Gasteiger partial charge in [-0.1, -0.05) is 12.2 Å². The van der Waals surface area contributed by atoms with Gasteiger partial charge in [0.1, 0.15) is 6.61 Å². The van der Waals surface area contributed by atoms with E-state index in [9.17, 15) is 36.2 Å². The van der Waals surface area contributed by atoms with Crippen molar-refractivity contribution >= 4 is 5.97 Å². The first-order valence-electron chi connectivity index (χ1n) is 8.72. The van der Waals surface area contributed by atoms with Crippen molar-refractivity contribution in [1.82, 2.24) is 0 Å². The third kappa shape index (κ3) is 3.21. The van der Waals surface area contributed by atoms with Gasteiger partial charge in [-0.3, -0.25) is 0 Å². The maximum atomic E-state index is 13.8. The smallest absolute Gasteiger partial charge is 0.426 e. The number of carbonyl (C=O) groups excluding carboxylic acids is 1. The van der Waals surface area contributed by atoms with E-state index in [1.807, 2.05) is 0 Å². The summed E-state index contributed by atoms with van der Waals surface area (Å²) < 4.78 is 96.0. The molecule has 3 aliphatic rings. The lowest BCUT2D eigenvalue weighted by molar-refractivity contribution is -0.401. The van der Waals surface area contributed by atoms with Crippen molar-refractivity contribution in [2.75, 3.05) is 20.5 Å². The Labute approximate surface area is 156 Å². The highest BCUT2D eigenvalue weighted by Gasteiger charge is 2.79. The zero-order valence-corrected chi connectivity index (χ0v) is 14.8.